The summed E-state index contributed by atoms with van der Waals surface area (Å²) in [5, 5.41) is 0. The summed E-state index contributed by atoms with van der Waals surface area (Å²) in [6.45, 7) is 4.30. The molecule has 144 valence electrons. The van der Waals surface area contributed by atoms with Crippen molar-refractivity contribution in [2.75, 3.05) is 12.0 Å². The van der Waals surface area contributed by atoms with Crippen LogP contribution >= 0.6 is 0 Å². The van der Waals surface area contributed by atoms with Crippen molar-refractivity contribution in [2.45, 2.75) is 13.8 Å². The lowest BCUT2D eigenvalue weighted by atomic mass is 10.0. The number of aryl methyl sites for hydroxylation is 2. The molecule has 0 radical (unpaired) electrons. The maximum atomic E-state index is 5.34. The first-order chi connectivity index (χ1) is 14.2. The van der Waals surface area contributed by atoms with Gasteiger partial charge in [-0.25, -0.2) is 0 Å². The van der Waals surface area contributed by atoms with E-state index in [2.05, 4.69) is 97.6 Å². The Hall–Kier alpha value is -3.52. The minimum atomic E-state index is 0.855. The molecule has 2 heteroatoms. The van der Waals surface area contributed by atoms with Gasteiger partial charge in [0, 0.05) is 17.1 Å². The molecule has 0 unspecified atom stereocenters. The van der Waals surface area contributed by atoms with Crippen LogP contribution in [0, 0.1) is 13.8 Å². The summed E-state index contributed by atoms with van der Waals surface area (Å²) in [5.74, 6) is 0.855. The number of nitrogens with zero attached hydrogens (tertiary/aromatic N) is 1. The molecule has 4 rings (SSSR count). The summed E-state index contributed by atoms with van der Waals surface area (Å²) in [6, 6.07) is 34.0. The molecule has 0 saturated heterocycles. The number of hydrogen-bond donors (Lipinski definition) is 0. The van der Waals surface area contributed by atoms with Gasteiger partial charge in [-0.15, -0.1) is 0 Å². The predicted molar refractivity (Wildman–Crippen MR) is 123 cm³/mol. The van der Waals surface area contributed by atoms with E-state index in [0.29, 0.717) is 0 Å². The molecule has 0 fully saturated rings. The van der Waals surface area contributed by atoms with Crippen LogP contribution in [0.1, 0.15) is 11.1 Å². The van der Waals surface area contributed by atoms with Crippen molar-refractivity contribution in [1.82, 2.24) is 0 Å². The fraction of sp³-hybridized carbons (Fsp3) is 0.111. The molecule has 0 amide bonds. The minimum Gasteiger partial charge on any atom is -0.497 e. The third kappa shape index (κ3) is 4.02. The van der Waals surface area contributed by atoms with Gasteiger partial charge in [0.1, 0.15) is 5.75 Å². The highest BCUT2D eigenvalue weighted by Gasteiger charge is 2.13. The molecule has 0 bridgehead atoms. The van der Waals surface area contributed by atoms with Crippen LogP contribution in [0.4, 0.5) is 17.1 Å². The van der Waals surface area contributed by atoms with E-state index in [4.69, 9.17) is 4.74 Å². The standard InChI is InChI=1S/C27H25NO/c1-20-9-12-26(19-21(20)2)28(25-15-17-27(29-3)18-16-25)24-13-10-23(11-14-24)22-7-5-4-6-8-22/h4-19H,1-3H3. The number of methoxy groups -OCH3 is 1. The first-order valence-corrected chi connectivity index (χ1v) is 9.82. The Morgan fingerprint density at radius 1 is 0.552 bits per heavy atom. The van der Waals surface area contributed by atoms with Crippen molar-refractivity contribution >= 4 is 17.1 Å². The second-order valence-electron chi connectivity index (χ2n) is 7.21. The van der Waals surface area contributed by atoms with E-state index in [0.717, 1.165) is 22.8 Å². The van der Waals surface area contributed by atoms with Crippen molar-refractivity contribution in [2.24, 2.45) is 0 Å². The molecule has 0 aliphatic rings. The Kier molecular flexibility index (Phi) is 5.35. The maximum Gasteiger partial charge on any atom is 0.119 e. The van der Waals surface area contributed by atoms with Gasteiger partial charge in [-0.2, -0.15) is 0 Å². The predicted octanol–water partition coefficient (Wildman–Crippen LogP) is 7.45. The zero-order valence-corrected chi connectivity index (χ0v) is 17.1. The lowest BCUT2D eigenvalue weighted by molar-refractivity contribution is 0.415. The Labute approximate surface area is 173 Å². The fourth-order valence-corrected chi connectivity index (χ4v) is 3.48. The molecule has 0 aromatic heterocycles. The van der Waals surface area contributed by atoms with Crippen molar-refractivity contribution in [3.05, 3.63) is 108 Å². The number of ether oxygens (including phenoxy) is 1. The molecule has 0 spiro atoms. The summed E-state index contributed by atoms with van der Waals surface area (Å²) < 4.78 is 5.34. The molecule has 0 N–H and O–H groups in total. The second kappa shape index (κ2) is 8.24. The van der Waals surface area contributed by atoms with Crippen molar-refractivity contribution in [3.63, 3.8) is 0 Å². The molecule has 4 aromatic rings. The van der Waals surface area contributed by atoms with E-state index in [1.54, 1.807) is 7.11 Å². The highest BCUT2D eigenvalue weighted by atomic mass is 16.5. The molecule has 0 heterocycles. The van der Waals surface area contributed by atoms with E-state index < -0.39 is 0 Å². The van der Waals surface area contributed by atoms with E-state index in [-0.39, 0.29) is 0 Å². The van der Waals surface area contributed by atoms with E-state index in [1.807, 2.05) is 18.2 Å². The first kappa shape index (κ1) is 18.8. The van der Waals surface area contributed by atoms with Gasteiger partial charge in [0.25, 0.3) is 0 Å². The summed E-state index contributed by atoms with van der Waals surface area (Å²) in [6.07, 6.45) is 0. The van der Waals surface area contributed by atoms with Gasteiger partial charge in [-0.1, -0.05) is 48.5 Å². The number of rotatable bonds is 5. The maximum absolute atomic E-state index is 5.34. The third-order valence-electron chi connectivity index (χ3n) is 5.31. The molecular weight excluding hydrogens is 354 g/mol. The van der Waals surface area contributed by atoms with Crippen LogP contribution < -0.4 is 9.64 Å². The summed E-state index contributed by atoms with van der Waals surface area (Å²) in [5.41, 5.74) is 8.38. The summed E-state index contributed by atoms with van der Waals surface area (Å²) >= 11 is 0. The zero-order chi connectivity index (χ0) is 20.2. The van der Waals surface area contributed by atoms with Crippen LogP contribution in [0.2, 0.25) is 0 Å². The normalized spacial score (nSPS) is 10.6. The van der Waals surface area contributed by atoms with Gasteiger partial charge in [-0.05, 0) is 84.6 Å². The monoisotopic (exact) mass is 379 g/mol. The average molecular weight is 380 g/mol. The third-order valence-corrected chi connectivity index (χ3v) is 5.31. The Bertz CT molecular complexity index is 1080. The summed E-state index contributed by atoms with van der Waals surface area (Å²) in [7, 11) is 1.69. The van der Waals surface area contributed by atoms with Crippen LogP contribution in [0.5, 0.6) is 5.75 Å². The number of benzene rings is 4. The average Bonchev–Trinajstić information content (AvgIpc) is 2.78. The Balaban J connectivity index is 1.78. The van der Waals surface area contributed by atoms with Crippen LogP contribution in [-0.4, -0.2) is 7.11 Å². The highest BCUT2D eigenvalue weighted by Crippen LogP contribution is 2.37. The second-order valence-corrected chi connectivity index (χ2v) is 7.21. The van der Waals surface area contributed by atoms with Gasteiger partial charge in [0.05, 0.1) is 7.11 Å². The molecule has 0 saturated carbocycles. The van der Waals surface area contributed by atoms with Crippen molar-refractivity contribution in [3.8, 4) is 16.9 Å². The molecule has 4 aromatic carbocycles. The molecule has 0 atom stereocenters. The molecule has 29 heavy (non-hydrogen) atoms. The molecular formula is C27H25NO. The first-order valence-electron chi connectivity index (χ1n) is 9.82. The van der Waals surface area contributed by atoms with E-state index in [1.165, 1.54) is 22.3 Å². The van der Waals surface area contributed by atoms with Gasteiger partial charge >= 0.3 is 0 Å². The molecule has 2 nitrogen and oxygen atoms in total. The summed E-state index contributed by atoms with van der Waals surface area (Å²) in [4.78, 5) is 2.28. The fourth-order valence-electron chi connectivity index (χ4n) is 3.48. The van der Waals surface area contributed by atoms with Gasteiger partial charge in [-0.3, -0.25) is 0 Å². The van der Waals surface area contributed by atoms with Gasteiger partial charge in [0.2, 0.25) is 0 Å². The Morgan fingerprint density at radius 3 is 1.69 bits per heavy atom. The topological polar surface area (TPSA) is 12.5 Å². The van der Waals surface area contributed by atoms with E-state index >= 15 is 0 Å². The van der Waals surface area contributed by atoms with Crippen molar-refractivity contribution < 1.29 is 4.74 Å². The van der Waals surface area contributed by atoms with E-state index in [9.17, 15) is 0 Å². The number of hydrogen-bond acceptors (Lipinski definition) is 2. The van der Waals surface area contributed by atoms with Gasteiger partial charge < -0.3 is 9.64 Å². The van der Waals surface area contributed by atoms with Crippen LogP contribution in [-0.2, 0) is 0 Å². The van der Waals surface area contributed by atoms with Crippen molar-refractivity contribution in [1.29, 1.82) is 0 Å². The quantitative estimate of drug-likeness (QED) is 0.357. The lowest BCUT2D eigenvalue weighted by Gasteiger charge is -2.26. The van der Waals surface area contributed by atoms with Crippen LogP contribution in [0.25, 0.3) is 11.1 Å². The zero-order valence-electron chi connectivity index (χ0n) is 17.1. The molecule has 0 aliphatic heterocycles. The smallest absolute Gasteiger partial charge is 0.119 e. The minimum absolute atomic E-state index is 0.855. The highest BCUT2D eigenvalue weighted by molar-refractivity contribution is 5.79. The largest absolute Gasteiger partial charge is 0.497 e. The van der Waals surface area contributed by atoms with Crippen LogP contribution in [0.3, 0.4) is 0 Å². The van der Waals surface area contributed by atoms with Crippen LogP contribution in [0.15, 0.2) is 97.1 Å². The Morgan fingerprint density at radius 2 is 1.10 bits per heavy atom. The number of anilines is 3. The van der Waals surface area contributed by atoms with Gasteiger partial charge in [0.15, 0.2) is 0 Å². The SMILES string of the molecule is COc1ccc(N(c2ccc(-c3ccccc3)cc2)c2ccc(C)c(C)c2)cc1. The lowest BCUT2D eigenvalue weighted by Crippen LogP contribution is -2.10. The molecule has 0 aliphatic carbocycles.